The van der Waals surface area contributed by atoms with Crippen LogP contribution in [0.25, 0.3) is 17.1 Å². The molecule has 2 atom stereocenters. The molecule has 0 radical (unpaired) electrons. The quantitative estimate of drug-likeness (QED) is 0.445. The summed E-state index contributed by atoms with van der Waals surface area (Å²) in [6, 6.07) is 12.1. The first-order valence-electron chi connectivity index (χ1n) is 9.86. The highest BCUT2D eigenvalue weighted by Crippen LogP contribution is 2.48. The maximum Gasteiger partial charge on any atom is 0.419 e. The molecule has 168 valence electrons. The standard InChI is InChI=1S/C21H15ClF3N7O/c22-13-3-1-11(2-4-13)15-8-16(15)20(33)27-14-5-6-18(17(7-14)19-28-30-31-29-19)32-10-12(9-26-32)21(23,24)25/h1-7,9-10,15-16H,8H2,(H,27,33)(H,28,29,30,31)/t15-,16+/m0/s1. The van der Waals surface area contributed by atoms with Crippen molar-refractivity contribution in [3.63, 3.8) is 0 Å². The van der Waals surface area contributed by atoms with Crippen LogP contribution < -0.4 is 5.32 Å². The van der Waals surface area contributed by atoms with E-state index >= 15 is 0 Å². The van der Waals surface area contributed by atoms with Gasteiger partial charge >= 0.3 is 6.18 Å². The number of carbonyl (C=O) groups is 1. The fourth-order valence-corrected chi connectivity index (χ4v) is 3.80. The minimum absolute atomic E-state index is 0.115. The molecule has 4 aromatic rings. The smallest absolute Gasteiger partial charge is 0.326 e. The number of benzene rings is 2. The molecule has 2 aromatic carbocycles. The van der Waals surface area contributed by atoms with Crippen LogP contribution in [0.3, 0.4) is 0 Å². The van der Waals surface area contributed by atoms with E-state index in [1.165, 1.54) is 0 Å². The van der Waals surface area contributed by atoms with Crippen molar-refractivity contribution in [2.45, 2.75) is 18.5 Å². The number of tetrazole rings is 1. The second-order valence-corrected chi connectivity index (χ2v) is 8.08. The molecule has 1 fully saturated rings. The number of aromatic amines is 1. The molecular weight excluding hydrogens is 459 g/mol. The topological polar surface area (TPSA) is 101 Å². The molecule has 0 aliphatic heterocycles. The van der Waals surface area contributed by atoms with Gasteiger partial charge in [-0.3, -0.25) is 4.79 Å². The molecule has 2 aromatic heterocycles. The predicted octanol–water partition coefficient (Wildman–Crippen LogP) is 4.47. The van der Waals surface area contributed by atoms with Crippen LogP contribution in [0.5, 0.6) is 0 Å². The number of H-pyrrole nitrogens is 1. The first-order chi connectivity index (χ1) is 15.8. The summed E-state index contributed by atoms with van der Waals surface area (Å²) < 4.78 is 40.1. The Bertz CT molecular complexity index is 1300. The Balaban J connectivity index is 1.39. The zero-order chi connectivity index (χ0) is 23.2. The van der Waals surface area contributed by atoms with E-state index < -0.39 is 11.7 Å². The second kappa shape index (κ2) is 8.00. The van der Waals surface area contributed by atoms with Gasteiger partial charge in [0.05, 0.1) is 17.4 Å². The van der Waals surface area contributed by atoms with E-state index in [0.29, 0.717) is 22.0 Å². The highest BCUT2D eigenvalue weighted by Gasteiger charge is 2.44. The van der Waals surface area contributed by atoms with Crippen LogP contribution >= 0.6 is 11.6 Å². The Morgan fingerprint density at radius 3 is 2.64 bits per heavy atom. The van der Waals surface area contributed by atoms with Gasteiger partial charge in [0, 0.05) is 28.4 Å². The van der Waals surface area contributed by atoms with Crippen LogP contribution in [-0.2, 0) is 11.0 Å². The Labute approximate surface area is 189 Å². The molecule has 0 spiro atoms. The lowest BCUT2D eigenvalue weighted by molar-refractivity contribution is -0.137. The number of halogens is 4. The van der Waals surface area contributed by atoms with Crippen LogP contribution in [0.1, 0.15) is 23.5 Å². The van der Waals surface area contributed by atoms with Crippen molar-refractivity contribution < 1.29 is 18.0 Å². The van der Waals surface area contributed by atoms with Crippen molar-refractivity contribution in [2.75, 3.05) is 5.32 Å². The Hall–Kier alpha value is -3.73. The summed E-state index contributed by atoms with van der Waals surface area (Å²) in [6.45, 7) is 0. The zero-order valence-corrected chi connectivity index (χ0v) is 17.5. The third-order valence-corrected chi connectivity index (χ3v) is 5.70. The van der Waals surface area contributed by atoms with Crippen molar-refractivity contribution in [1.82, 2.24) is 30.4 Å². The van der Waals surface area contributed by atoms with Gasteiger partial charge in [0.15, 0.2) is 5.82 Å². The monoisotopic (exact) mass is 473 g/mol. The molecule has 5 rings (SSSR count). The van der Waals surface area contributed by atoms with Crippen LogP contribution in [0, 0.1) is 5.92 Å². The average Bonchev–Trinajstić information content (AvgIpc) is 3.16. The van der Waals surface area contributed by atoms with Gasteiger partial charge in [-0.15, -0.1) is 5.10 Å². The number of nitrogens with one attached hydrogen (secondary N) is 2. The van der Waals surface area contributed by atoms with Crippen molar-refractivity contribution in [1.29, 1.82) is 0 Å². The fraction of sp³-hybridized carbons (Fsp3) is 0.190. The second-order valence-electron chi connectivity index (χ2n) is 7.64. The van der Waals surface area contributed by atoms with Crippen molar-refractivity contribution >= 4 is 23.2 Å². The van der Waals surface area contributed by atoms with E-state index in [2.05, 4.69) is 31.0 Å². The molecule has 33 heavy (non-hydrogen) atoms. The van der Waals surface area contributed by atoms with E-state index in [1.807, 2.05) is 12.1 Å². The van der Waals surface area contributed by atoms with E-state index in [1.54, 1.807) is 30.3 Å². The normalized spacial score (nSPS) is 17.7. The van der Waals surface area contributed by atoms with E-state index in [4.69, 9.17) is 11.6 Å². The van der Waals surface area contributed by atoms with Gasteiger partial charge in [-0.25, -0.2) is 9.78 Å². The fourth-order valence-electron chi connectivity index (χ4n) is 3.68. The van der Waals surface area contributed by atoms with E-state index in [9.17, 15) is 18.0 Å². The molecule has 1 amide bonds. The number of amides is 1. The molecule has 2 heterocycles. The van der Waals surface area contributed by atoms with Crippen molar-refractivity contribution in [2.24, 2.45) is 5.92 Å². The summed E-state index contributed by atoms with van der Waals surface area (Å²) in [5.41, 5.74) is 1.30. The average molecular weight is 474 g/mol. The Morgan fingerprint density at radius 2 is 1.97 bits per heavy atom. The number of rotatable bonds is 5. The van der Waals surface area contributed by atoms with Crippen LogP contribution in [0.4, 0.5) is 18.9 Å². The van der Waals surface area contributed by atoms with Gasteiger partial charge in [0.2, 0.25) is 5.91 Å². The summed E-state index contributed by atoms with van der Waals surface area (Å²) >= 11 is 5.92. The third kappa shape index (κ3) is 4.31. The summed E-state index contributed by atoms with van der Waals surface area (Å²) in [7, 11) is 0. The van der Waals surface area contributed by atoms with E-state index in [0.717, 1.165) is 29.1 Å². The minimum atomic E-state index is -4.52. The van der Waals surface area contributed by atoms with Gasteiger partial charge in [-0.1, -0.05) is 23.7 Å². The number of aromatic nitrogens is 6. The number of anilines is 1. The molecule has 1 aliphatic carbocycles. The Morgan fingerprint density at radius 1 is 1.18 bits per heavy atom. The van der Waals surface area contributed by atoms with Crippen LogP contribution in [0.2, 0.25) is 5.02 Å². The number of alkyl halides is 3. The van der Waals surface area contributed by atoms with Gasteiger partial charge in [-0.2, -0.15) is 18.3 Å². The summed E-state index contributed by atoms with van der Waals surface area (Å²) in [5, 5.41) is 20.8. The molecule has 1 aliphatic rings. The highest BCUT2D eigenvalue weighted by molar-refractivity contribution is 6.30. The number of hydrogen-bond acceptors (Lipinski definition) is 5. The molecule has 8 nitrogen and oxygen atoms in total. The van der Waals surface area contributed by atoms with Gasteiger partial charge in [0.1, 0.15) is 0 Å². The molecule has 0 bridgehead atoms. The number of carbonyl (C=O) groups excluding carboxylic acids is 1. The molecule has 12 heteroatoms. The summed E-state index contributed by atoms with van der Waals surface area (Å²) in [4.78, 5) is 12.8. The highest BCUT2D eigenvalue weighted by atomic mass is 35.5. The zero-order valence-electron chi connectivity index (χ0n) is 16.7. The van der Waals surface area contributed by atoms with Crippen molar-refractivity contribution in [3.05, 3.63) is 71.0 Å². The SMILES string of the molecule is O=C(Nc1ccc(-n2cc(C(F)(F)F)cn2)c(-c2nnn[nH]2)c1)[C@@H]1C[C@H]1c1ccc(Cl)cc1. The largest absolute Gasteiger partial charge is 0.419 e. The Kier molecular flexibility index (Phi) is 5.12. The third-order valence-electron chi connectivity index (χ3n) is 5.45. The molecule has 0 saturated heterocycles. The lowest BCUT2D eigenvalue weighted by Gasteiger charge is -2.11. The first kappa shape index (κ1) is 21.1. The maximum absolute atomic E-state index is 13.0. The van der Waals surface area contributed by atoms with Crippen LogP contribution in [-0.4, -0.2) is 36.3 Å². The van der Waals surface area contributed by atoms with Crippen LogP contribution in [0.15, 0.2) is 54.9 Å². The summed E-state index contributed by atoms with van der Waals surface area (Å²) in [6.07, 6.45) is -2.19. The van der Waals surface area contributed by atoms with Gasteiger partial charge in [-0.05, 0) is 58.7 Å². The first-order valence-corrected chi connectivity index (χ1v) is 10.2. The van der Waals surface area contributed by atoms with Crippen molar-refractivity contribution in [3.8, 4) is 17.1 Å². The molecule has 2 N–H and O–H groups in total. The molecule has 1 saturated carbocycles. The lowest BCUT2D eigenvalue weighted by atomic mass is 10.1. The predicted molar refractivity (Wildman–Crippen MR) is 113 cm³/mol. The lowest BCUT2D eigenvalue weighted by Crippen LogP contribution is -2.15. The molecule has 0 unspecified atom stereocenters. The van der Waals surface area contributed by atoms with E-state index in [-0.39, 0.29) is 23.6 Å². The minimum Gasteiger partial charge on any atom is -0.326 e. The maximum atomic E-state index is 13.0. The number of nitrogens with zero attached hydrogens (tertiary/aromatic N) is 5. The number of hydrogen-bond donors (Lipinski definition) is 2. The summed E-state index contributed by atoms with van der Waals surface area (Å²) in [5.74, 6) is 0.00414. The molecular formula is C21H15ClF3N7O. The van der Waals surface area contributed by atoms with Gasteiger partial charge in [0.25, 0.3) is 0 Å². The van der Waals surface area contributed by atoms with Gasteiger partial charge < -0.3 is 5.32 Å².